The van der Waals surface area contributed by atoms with Crippen molar-refractivity contribution in [3.63, 3.8) is 0 Å². The summed E-state index contributed by atoms with van der Waals surface area (Å²) in [5.41, 5.74) is 4.54. The lowest BCUT2D eigenvalue weighted by molar-refractivity contribution is 0.305. The molecule has 3 aromatic rings. The monoisotopic (exact) mass is 433 g/mol. The fourth-order valence-electron chi connectivity index (χ4n) is 2.72. The van der Waals surface area contributed by atoms with E-state index in [2.05, 4.69) is 53.2 Å². The first kappa shape index (κ1) is 19.7. The van der Waals surface area contributed by atoms with Crippen molar-refractivity contribution < 1.29 is 9.47 Å². The van der Waals surface area contributed by atoms with Gasteiger partial charge in [-0.15, -0.1) is 0 Å². The van der Waals surface area contributed by atoms with Crippen molar-refractivity contribution in [1.82, 2.24) is 0 Å². The summed E-state index contributed by atoms with van der Waals surface area (Å²) in [7, 11) is 1.62. The Kier molecular flexibility index (Phi) is 6.52. The Labute approximate surface area is 174 Å². The molecule has 0 aromatic heterocycles. The number of hydrogen-bond acceptors (Lipinski definition) is 3. The van der Waals surface area contributed by atoms with Crippen LogP contribution in [0.15, 0.2) is 71.2 Å². The topological polar surface area (TPSA) is 42.2 Å². The zero-order chi connectivity index (χ0) is 19.9. The van der Waals surface area contributed by atoms with Gasteiger partial charge in [-0.2, -0.15) is 5.26 Å². The predicted octanol–water partition coefficient (Wildman–Crippen LogP) is 6.41. The molecule has 0 aliphatic rings. The highest BCUT2D eigenvalue weighted by molar-refractivity contribution is 9.10. The Bertz CT molecular complexity index is 1020. The van der Waals surface area contributed by atoms with E-state index in [-0.39, 0.29) is 0 Å². The average Bonchev–Trinajstić information content (AvgIpc) is 2.72. The van der Waals surface area contributed by atoms with Crippen molar-refractivity contribution in [3.8, 4) is 17.6 Å². The number of ether oxygens (including phenoxy) is 2. The van der Waals surface area contributed by atoms with E-state index >= 15 is 0 Å². The first-order chi connectivity index (χ1) is 13.6. The molecule has 4 heteroatoms. The third-order valence-electron chi connectivity index (χ3n) is 4.31. The van der Waals surface area contributed by atoms with E-state index in [0.717, 1.165) is 32.7 Å². The molecule has 0 heterocycles. The van der Waals surface area contributed by atoms with Gasteiger partial charge in [-0.3, -0.25) is 0 Å². The van der Waals surface area contributed by atoms with Gasteiger partial charge in [-0.1, -0.05) is 45.8 Å². The normalized spacial score (nSPS) is 11.0. The van der Waals surface area contributed by atoms with E-state index in [1.807, 2.05) is 48.5 Å². The minimum Gasteiger partial charge on any atom is -0.497 e. The number of allylic oxidation sites excluding steroid dienone is 1. The summed E-state index contributed by atoms with van der Waals surface area (Å²) in [6, 6.07) is 23.8. The fraction of sp³-hybridized carbons (Fsp3) is 0.125. The SMILES string of the molecule is COc1ccc(/C(C#N)=C/c2cc(Br)ccc2OCc2ccc(C)cc2)cc1. The van der Waals surface area contributed by atoms with E-state index in [4.69, 9.17) is 9.47 Å². The lowest BCUT2D eigenvalue weighted by Gasteiger charge is -2.11. The summed E-state index contributed by atoms with van der Waals surface area (Å²) in [6.07, 6.45) is 1.84. The van der Waals surface area contributed by atoms with Crippen LogP contribution < -0.4 is 9.47 Å². The summed E-state index contributed by atoms with van der Waals surface area (Å²) in [4.78, 5) is 0. The van der Waals surface area contributed by atoms with E-state index in [0.29, 0.717) is 12.2 Å². The van der Waals surface area contributed by atoms with Crippen molar-refractivity contribution in [1.29, 1.82) is 5.26 Å². The van der Waals surface area contributed by atoms with Crippen LogP contribution in [0.3, 0.4) is 0 Å². The Morgan fingerprint density at radius 1 is 1.04 bits per heavy atom. The molecule has 0 saturated heterocycles. The third-order valence-corrected chi connectivity index (χ3v) is 4.80. The first-order valence-electron chi connectivity index (χ1n) is 8.83. The molecule has 0 radical (unpaired) electrons. The van der Waals surface area contributed by atoms with Gasteiger partial charge in [0.1, 0.15) is 18.1 Å². The lowest BCUT2D eigenvalue weighted by Crippen LogP contribution is -1.97. The van der Waals surface area contributed by atoms with Gasteiger partial charge in [0.25, 0.3) is 0 Å². The average molecular weight is 434 g/mol. The number of nitriles is 1. The number of aryl methyl sites for hydroxylation is 1. The molecule has 28 heavy (non-hydrogen) atoms. The summed E-state index contributed by atoms with van der Waals surface area (Å²) in [5, 5.41) is 9.66. The fourth-order valence-corrected chi connectivity index (χ4v) is 3.09. The maximum Gasteiger partial charge on any atom is 0.127 e. The van der Waals surface area contributed by atoms with Gasteiger partial charge >= 0.3 is 0 Å². The molecule has 0 saturated carbocycles. The molecule has 140 valence electrons. The summed E-state index contributed by atoms with van der Waals surface area (Å²) < 4.78 is 12.2. The molecule has 0 aliphatic carbocycles. The van der Waals surface area contributed by atoms with Gasteiger partial charge in [0.05, 0.1) is 18.8 Å². The van der Waals surface area contributed by atoms with Crippen LogP contribution >= 0.6 is 15.9 Å². The Balaban J connectivity index is 1.88. The van der Waals surface area contributed by atoms with E-state index in [9.17, 15) is 5.26 Å². The largest absolute Gasteiger partial charge is 0.497 e. The van der Waals surface area contributed by atoms with Gasteiger partial charge in [0.2, 0.25) is 0 Å². The van der Waals surface area contributed by atoms with Crippen molar-refractivity contribution in [2.24, 2.45) is 0 Å². The van der Waals surface area contributed by atoms with Crippen molar-refractivity contribution >= 4 is 27.6 Å². The summed E-state index contributed by atoms with van der Waals surface area (Å²) in [5.74, 6) is 1.48. The number of nitrogens with zero attached hydrogens (tertiary/aromatic N) is 1. The standard InChI is InChI=1S/C24H20BrNO2/c1-17-3-5-18(6-4-17)16-28-24-12-9-22(25)14-20(24)13-21(15-26)19-7-10-23(27-2)11-8-19/h3-14H,16H2,1-2H3/b21-13+. The molecule has 0 spiro atoms. The van der Waals surface area contributed by atoms with Crippen LogP contribution in [-0.4, -0.2) is 7.11 Å². The molecular weight excluding hydrogens is 414 g/mol. The zero-order valence-corrected chi connectivity index (χ0v) is 17.4. The van der Waals surface area contributed by atoms with Crippen molar-refractivity contribution in [2.75, 3.05) is 7.11 Å². The van der Waals surface area contributed by atoms with Crippen LogP contribution in [0.5, 0.6) is 11.5 Å². The Hall–Kier alpha value is -3.03. The number of hydrogen-bond donors (Lipinski definition) is 0. The highest BCUT2D eigenvalue weighted by Gasteiger charge is 2.07. The highest BCUT2D eigenvalue weighted by Crippen LogP contribution is 2.29. The van der Waals surface area contributed by atoms with Gasteiger partial charge in [0.15, 0.2) is 0 Å². The lowest BCUT2D eigenvalue weighted by atomic mass is 10.0. The molecule has 3 rings (SSSR count). The van der Waals surface area contributed by atoms with Gasteiger partial charge in [0, 0.05) is 10.0 Å². The molecule has 0 fully saturated rings. The number of methoxy groups -OCH3 is 1. The van der Waals surface area contributed by atoms with Gasteiger partial charge < -0.3 is 9.47 Å². The molecule has 3 nitrogen and oxygen atoms in total. The predicted molar refractivity (Wildman–Crippen MR) is 116 cm³/mol. The maximum atomic E-state index is 9.66. The molecule has 0 bridgehead atoms. The molecule has 0 amide bonds. The van der Waals surface area contributed by atoms with Gasteiger partial charge in [-0.05, 0) is 66.6 Å². The smallest absolute Gasteiger partial charge is 0.127 e. The quantitative estimate of drug-likeness (QED) is 0.333. The molecule has 3 aromatic carbocycles. The Morgan fingerprint density at radius 3 is 2.39 bits per heavy atom. The number of halogens is 1. The minimum absolute atomic E-state index is 0.465. The van der Waals surface area contributed by atoms with Gasteiger partial charge in [-0.25, -0.2) is 0 Å². The van der Waals surface area contributed by atoms with Crippen LogP contribution in [-0.2, 0) is 6.61 Å². The molecule has 0 unspecified atom stereocenters. The minimum atomic E-state index is 0.465. The number of benzene rings is 3. The highest BCUT2D eigenvalue weighted by atomic mass is 79.9. The van der Waals surface area contributed by atoms with Crippen LogP contribution in [0.2, 0.25) is 0 Å². The van der Waals surface area contributed by atoms with E-state index in [1.165, 1.54) is 5.56 Å². The summed E-state index contributed by atoms with van der Waals surface area (Å²) >= 11 is 3.50. The molecule has 0 aliphatic heterocycles. The summed E-state index contributed by atoms with van der Waals surface area (Å²) in [6.45, 7) is 2.53. The van der Waals surface area contributed by atoms with Crippen LogP contribution in [0, 0.1) is 18.3 Å². The van der Waals surface area contributed by atoms with Crippen molar-refractivity contribution in [3.05, 3.63) is 93.5 Å². The van der Waals surface area contributed by atoms with Crippen LogP contribution in [0.25, 0.3) is 11.6 Å². The third kappa shape index (κ3) is 5.03. The van der Waals surface area contributed by atoms with E-state index in [1.54, 1.807) is 7.11 Å². The molecule has 0 atom stereocenters. The van der Waals surface area contributed by atoms with Crippen molar-refractivity contribution in [2.45, 2.75) is 13.5 Å². The van der Waals surface area contributed by atoms with Crippen LogP contribution in [0.1, 0.15) is 22.3 Å². The second kappa shape index (κ2) is 9.25. The zero-order valence-electron chi connectivity index (χ0n) is 15.8. The van der Waals surface area contributed by atoms with Crippen LogP contribution in [0.4, 0.5) is 0 Å². The van der Waals surface area contributed by atoms with E-state index < -0.39 is 0 Å². The number of rotatable bonds is 6. The second-order valence-corrected chi connectivity index (χ2v) is 7.27. The molecular formula is C24H20BrNO2. The Morgan fingerprint density at radius 2 is 1.75 bits per heavy atom. The first-order valence-corrected chi connectivity index (χ1v) is 9.62. The molecule has 0 N–H and O–H groups in total. The maximum absolute atomic E-state index is 9.66. The second-order valence-electron chi connectivity index (χ2n) is 6.35.